The van der Waals surface area contributed by atoms with Crippen LogP contribution in [0.1, 0.15) is 17.5 Å². The van der Waals surface area contributed by atoms with Gasteiger partial charge in [-0.05, 0) is 59.4 Å². The zero-order valence-electron chi connectivity index (χ0n) is 17.2. The van der Waals surface area contributed by atoms with Crippen LogP contribution in [0.15, 0.2) is 72.8 Å². The van der Waals surface area contributed by atoms with Crippen molar-refractivity contribution >= 4 is 11.6 Å². The quantitative estimate of drug-likeness (QED) is 0.640. The van der Waals surface area contributed by atoms with E-state index in [0.717, 1.165) is 33.7 Å². The fraction of sp³-hybridized carbons (Fsp3) is 0.231. The second-order valence-electron chi connectivity index (χ2n) is 8.35. The van der Waals surface area contributed by atoms with Gasteiger partial charge in [-0.15, -0.1) is 0 Å². The number of rotatable bonds is 4. The van der Waals surface area contributed by atoms with Crippen LogP contribution in [0.25, 0.3) is 11.1 Å². The Morgan fingerprint density at radius 1 is 1.03 bits per heavy atom. The number of nitriles is 1. The molecule has 0 aromatic heterocycles. The van der Waals surface area contributed by atoms with Crippen molar-refractivity contribution in [3.8, 4) is 23.1 Å². The minimum atomic E-state index is -0.503. The summed E-state index contributed by atoms with van der Waals surface area (Å²) >= 11 is 0. The fourth-order valence-electron chi connectivity index (χ4n) is 4.51. The van der Waals surface area contributed by atoms with Gasteiger partial charge in [-0.2, -0.15) is 5.26 Å². The average Bonchev–Trinajstić information content (AvgIpc) is 3.23. The van der Waals surface area contributed by atoms with E-state index in [1.807, 2.05) is 54.6 Å². The van der Waals surface area contributed by atoms with E-state index in [1.54, 1.807) is 4.90 Å². The summed E-state index contributed by atoms with van der Waals surface area (Å²) in [7, 11) is 0. The number of benzene rings is 3. The van der Waals surface area contributed by atoms with E-state index in [9.17, 15) is 10.1 Å². The van der Waals surface area contributed by atoms with Crippen LogP contribution in [0.4, 0.5) is 5.69 Å². The van der Waals surface area contributed by atoms with Crippen LogP contribution in [-0.2, 0) is 17.8 Å². The largest absolute Gasteiger partial charge is 0.489 e. The van der Waals surface area contributed by atoms with Crippen molar-refractivity contribution in [2.24, 2.45) is 5.41 Å². The van der Waals surface area contributed by atoms with Gasteiger partial charge in [-0.3, -0.25) is 4.79 Å². The molecule has 0 aliphatic carbocycles. The lowest BCUT2D eigenvalue weighted by Gasteiger charge is -2.33. The summed E-state index contributed by atoms with van der Waals surface area (Å²) in [6.07, 6.45) is 3.56. The van der Waals surface area contributed by atoms with Crippen LogP contribution in [0.3, 0.4) is 0 Å². The smallest absolute Gasteiger partial charge is 0.232 e. The third-order valence-corrected chi connectivity index (χ3v) is 6.30. The van der Waals surface area contributed by atoms with Crippen LogP contribution in [0.5, 0.6) is 5.75 Å². The number of anilines is 1. The molecule has 2 aliphatic rings. The van der Waals surface area contributed by atoms with Gasteiger partial charge in [0, 0.05) is 18.8 Å². The van der Waals surface area contributed by atoms with Crippen molar-refractivity contribution in [2.75, 3.05) is 18.4 Å². The molecule has 1 saturated heterocycles. The molecule has 3 aromatic carbocycles. The number of nitrogens with zero attached hydrogens (tertiary/aromatic N) is 2. The van der Waals surface area contributed by atoms with Crippen molar-refractivity contribution in [3.05, 3.63) is 83.9 Å². The first-order valence-electron chi connectivity index (χ1n) is 10.5. The Morgan fingerprint density at radius 2 is 1.81 bits per heavy atom. The molecule has 1 amide bonds. The molecule has 5 rings (SSSR count). The Hall–Kier alpha value is -3.78. The van der Waals surface area contributed by atoms with Gasteiger partial charge in [-0.25, -0.2) is 0 Å². The van der Waals surface area contributed by atoms with E-state index < -0.39 is 5.41 Å². The first-order chi connectivity index (χ1) is 15.1. The van der Waals surface area contributed by atoms with Crippen LogP contribution in [0, 0.1) is 16.9 Å². The Bertz CT molecular complexity index is 1150. The SMILES string of the molecule is N#CN1CCC2(Cc3cc(-c4ccc(OCc5ccccc5)cc4)ccc3NC2=O)C1. The van der Waals surface area contributed by atoms with Gasteiger partial charge in [0.1, 0.15) is 12.4 Å². The molecule has 0 radical (unpaired) electrons. The number of fused-ring (bicyclic) bond motifs is 1. The van der Waals surface area contributed by atoms with Gasteiger partial charge in [0.15, 0.2) is 6.19 Å². The molecule has 0 bridgehead atoms. The maximum atomic E-state index is 12.7. The van der Waals surface area contributed by atoms with Gasteiger partial charge in [0.25, 0.3) is 0 Å². The monoisotopic (exact) mass is 409 g/mol. The maximum Gasteiger partial charge on any atom is 0.232 e. The Balaban J connectivity index is 1.33. The molecule has 2 aliphatic heterocycles. The number of amides is 1. The Morgan fingerprint density at radius 3 is 2.55 bits per heavy atom. The standard InChI is InChI=1S/C26H23N3O2/c27-18-29-13-12-26(17-29)15-22-14-21(8-11-24(22)28-25(26)30)20-6-9-23(10-7-20)31-16-19-4-2-1-3-5-19/h1-11,14H,12-13,15-17H2,(H,28,30). The fourth-order valence-corrected chi connectivity index (χ4v) is 4.51. The molecule has 1 unspecified atom stereocenters. The number of hydrogen-bond acceptors (Lipinski definition) is 4. The van der Waals surface area contributed by atoms with Gasteiger partial charge in [0.05, 0.1) is 5.41 Å². The number of nitrogens with one attached hydrogen (secondary N) is 1. The molecule has 1 N–H and O–H groups in total. The maximum absolute atomic E-state index is 12.7. The summed E-state index contributed by atoms with van der Waals surface area (Å²) in [6.45, 7) is 1.68. The first kappa shape index (κ1) is 19.2. The van der Waals surface area contributed by atoms with Gasteiger partial charge in [-0.1, -0.05) is 48.5 Å². The van der Waals surface area contributed by atoms with Gasteiger partial charge < -0.3 is 15.0 Å². The second-order valence-corrected chi connectivity index (χ2v) is 8.35. The average molecular weight is 409 g/mol. The molecule has 2 heterocycles. The molecule has 5 heteroatoms. The van der Waals surface area contributed by atoms with Crippen molar-refractivity contribution in [1.29, 1.82) is 5.26 Å². The summed E-state index contributed by atoms with van der Waals surface area (Å²) in [5, 5.41) is 12.3. The number of carbonyl (C=O) groups is 1. The number of ether oxygens (including phenoxy) is 1. The highest BCUT2D eigenvalue weighted by Crippen LogP contribution is 2.41. The van der Waals surface area contributed by atoms with Crippen molar-refractivity contribution in [3.63, 3.8) is 0 Å². The van der Waals surface area contributed by atoms with Gasteiger partial charge >= 0.3 is 0 Å². The summed E-state index contributed by atoms with van der Waals surface area (Å²) in [5.41, 5.74) is 4.84. The minimum Gasteiger partial charge on any atom is -0.489 e. The predicted molar refractivity (Wildman–Crippen MR) is 119 cm³/mol. The van der Waals surface area contributed by atoms with Crippen molar-refractivity contribution in [1.82, 2.24) is 4.90 Å². The molecule has 1 atom stereocenters. The highest BCUT2D eigenvalue weighted by atomic mass is 16.5. The third-order valence-electron chi connectivity index (χ3n) is 6.30. The first-order valence-corrected chi connectivity index (χ1v) is 10.5. The van der Waals surface area contributed by atoms with E-state index in [-0.39, 0.29) is 5.91 Å². The summed E-state index contributed by atoms with van der Waals surface area (Å²) in [6, 6.07) is 24.4. The van der Waals surface area contributed by atoms with E-state index in [2.05, 4.69) is 29.7 Å². The van der Waals surface area contributed by atoms with Crippen LogP contribution < -0.4 is 10.1 Å². The summed E-state index contributed by atoms with van der Waals surface area (Å²) in [4.78, 5) is 14.4. The number of hydrogen-bond donors (Lipinski definition) is 1. The molecule has 1 fully saturated rings. The van der Waals surface area contributed by atoms with Crippen molar-refractivity contribution < 1.29 is 9.53 Å². The van der Waals surface area contributed by atoms with Gasteiger partial charge in [0.2, 0.25) is 5.91 Å². The van der Waals surface area contributed by atoms with Crippen LogP contribution in [-0.4, -0.2) is 23.9 Å². The lowest BCUT2D eigenvalue weighted by molar-refractivity contribution is -0.125. The van der Waals surface area contributed by atoms with E-state index >= 15 is 0 Å². The van der Waals surface area contributed by atoms with E-state index in [1.165, 1.54) is 0 Å². The Kier molecular flexibility index (Phi) is 4.83. The molecular formula is C26H23N3O2. The van der Waals surface area contributed by atoms with Crippen LogP contribution in [0.2, 0.25) is 0 Å². The molecular weight excluding hydrogens is 386 g/mol. The minimum absolute atomic E-state index is 0.0328. The predicted octanol–water partition coefficient (Wildman–Crippen LogP) is 4.60. The van der Waals surface area contributed by atoms with Crippen molar-refractivity contribution in [2.45, 2.75) is 19.4 Å². The topological polar surface area (TPSA) is 65.4 Å². The molecule has 154 valence electrons. The van der Waals surface area contributed by atoms with E-state index in [4.69, 9.17) is 4.74 Å². The Labute approximate surface area is 181 Å². The zero-order chi connectivity index (χ0) is 21.3. The van der Waals surface area contributed by atoms with Crippen LogP contribution >= 0.6 is 0 Å². The molecule has 5 nitrogen and oxygen atoms in total. The summed E-state index contributed by atoms with van der Waals surface area (Å²) in [5.74, 6) is 0.866. The second kappa shape index (κ2) is 7.81. The highest BCUT2D eigenvalue weighted by molar-refractivity contribution is 5.99. The highest BCUT2D eigenvalue weighted by Gasteiger charge is 2.47. The molecule has 1 spiro atoms. The summed E-state index contributed by atoms with van der Waals surface area (Å²) < 4.78 is 5.89. The zero-order valence-corrected chi connectivity index (χ0v) is 17.2. The normalized spacial score (nSPS) is 19.6. The lowest BCUT2D eigenvalue weighted by atomic mass is 9.76. The third kappa shape index (κ3) is 3.73. The number of carbonyl (C=O) groups excluding carboxylic acids is 1. The number of likely N-dealkylation sites (tertiary alicyclic amines) is 1. The molecule has 3 aromatic rings. The van der Waals surface area contributed by atoms with E-state index in [0.29, 0.717) is 32.5 Å². The lowest BCUT2D eigenvalue weighted by Crippen LogP contribution is -2.43. The molecule has 31 heavy (non-hydrogen) atoms. The molecule has 0 saturated carbocycles.